The molecule has 7 nitrogen and oxygen atoms in total. The molecule has 0 bridgehead atoms. The van der Waals surface area contributed by atoms with Crippen LogP contribution in [0.2, 0.25) is 0 Å². The lowest BCUT2D eigenvalue weighted by atomic mass is 9.97. The zero-order chi connectivity index (χ0) is 23.2. The summed E-state index contributed by atoms with van der Waals surface area (Å²) in [5.41, 5.74) is 3.43. The summed E-state index contributed by atoms with van der Waals surface area (Å²) in [6.07, 6.45) is 4.53. The number of nitrogens with one attached hydrogen (secondary N) is 1. The molecule has 1 unspecified atom stereocenters. The van der Waals surface area contributed by atoms with Gasteiger partial charge >= 0.3 is 0 Å². The van der Waals surface area contributed by atoms with Crippen molar-refractivity contribution in [1.82, 2.24) is 25.3 Å². The number of likely N-dealkylation sites (tertiary alicyclic amines) is 2. The van der Waals surface area contributed by atoms with Crippen LogP contribution in [0.25, 0.3) is 11.4 Å². The topological polar surface area (TPSA) is 74.5 Å². The van der Waals surface area contributed by atoms with Gasteiger partial charge in [-0.2, -0.15) is 4.98 Å². The van der Waals surface area contributed by atoms with Crippen LogP contribution < -0.4 is 5.32 Å². The zero-order valence-corrected chi connectivity index (χ0v) is 19.7. The molecule has 0 spiro atoms. The van der Waals surface area contributed by atoms with Gasteiger partial charge in [0.15, 0.2) is 0 Å². The highest BCUT2D eigenvalue weighted by Gasteiger charge is 2.27. The number of carbonyl (C=O) groups excluding carboxylic acids is 1. The maximum Gasteiger partial charge on any atom is 0.241 e. The van der Waals surface area contributed by atoms with Crippen molar-refractivity contribution < 1.29 is 9.32 Å². The minimum atomic E-state index is -0.0142. The molecule has 1 aromatic heterocycles. The van der Waals surface area contributed by atoms with E-state index < -0.39 is 0 Å². The summed E-state index contributed by atoms with van der Waals surface area (Å²) in [5, 5.41) is 7.25. The summed E-state index contributed by atoms with van der Waals surface area (Å²) in [7, 11) is 0. The number of hydrogen-bond acceptors (Lipinski definition) is 6. The van der Waals surface area contributed by atoms with E-state index in [0.29, 0.717) is 31.3 Å². The molecule has 2 aliphatic heterocycles. The van der Waals surface area contributed by atoms with Crippen molar-refractivity contribution in [2.45, 2.75) is 45.3 Å². The number of amides is 1. The van der Waals surface area contributed by atoms with Crippen LogP contribution in [0.4, 0.5) is 0 Å². The predicted molar refractivity (Wildman–Crippen MR) is 131 cm³/mol. The summed E-state index contributed by atoms with van der Waals surface area (Å²) in [6.45, 7) is 6.23. The third-order valence-electron chi connectivity index (χ3n) is 6.83. The molecule has 2 fully saturated rings. The number of hydrogen-bond donors (Lipinski definition) is 1. The van der Waals surface area contributed by atoms with Crippen LogP contribution >= 0.6 is 0 Å². The lowest BCUT2D eigenvalue weighted by molar-refractivity contribution is -0.127. The van der Waals surface area contributed by atoms with Crippen molar-refractivity contribution in [3.8, 4) is 11.4 Å². The Morgan fingerprint density at radius 1 is 0.912 bits per heavy atom. The van der Waals surface area contributed by atoms with Crippen molar-refractivity contribution in [2.75, 3.05) is 26.2 Å². The molecule has 3 aromatic rings. The summed E-state index contributed by atoms with van der Waals surface area (Å²) in [6, 6.07) is 18.5. The standard InChI is InChI=1S/C27H33N5O2/c33-27(28-17-21-10-12-22(13-11-21)18-31-14-4-5-15-31)24-9-6-16-32(19-24)20-25-29-26(30-34-25)23-7-2-1-3-8-23/h1-3,7-8,10-13,24H,4-6,9,14-20H2,(H,28,33). The Bertz CT molecular complexity index is 1060. The van der Waals surface area contributed by atoms with Gasteiger partial charge in [-0.15, -0.1) is 0 Å². The van der Waals surface area contributed by atoms with E-state index in [1.54, 1.807) is 0 Å². The van der Waals surface area contributed by atoms with E-state index in [-0.39, 0.29) is 11.8 Å². The van der Waals surface area contributed by atoms with Gasteiger partial charge in [-0.3, -0.25) is 14.6 Å². The highest BCUT2D eigenvalue weighted by atomic mass is 16.5. The van der Waals surface area contributed by atoms with Crippen molar-refractivity contribution in [3.63, 3.8) is 0 Å². The van der Waals surface area contributed by atoms with Crippen LogP contribution in [-0.4, -0.2) is 52.0 Å². The normalized spacial score (nSPS) is 19.4. The molecule has 2 saturated heterocycles. The fourth-order valence-electron chi connectivity index (χ4n) is 4.92. The maximum atomic E-state index is 12.9. The molecule has 5 rings (SSSR count). The van der Waals surface area contributed by atoms with Gasteiger partial charge in [-0.25, -0.2) is 0 Å². The van der Waals surface area contributed by atoms with Gasteiger partial charge < -0.3 is 9.84 Å². The first kappa shape index (κ1) is 22.7. The van der Waals surface area contributed by atoms with Crippen molar-refractivity contribution >= 4 is 5.91 Å². The molecule has 7 heteroatoms. The van der Waals surface area contributed by atoms with E-state index in [2.05, 4.69) is 49.5 Å². The third kappa shape index (κ3) is 5.90. The van der Waals surface area contributed by atoms with Crippen LogP contribution in [0, 0.1) is 5.92 Å². The predicted octanol–water partition coefficient (Wildman–Crippen LogP) is 3.86. The zero-order valence-electron chi connectivity index (χ0n) is 19.7. The second kappa shape index (κ2) is 10.9. The first-order valence-electron chi connectivity index (χ1n) is 12.4. The quantitative estimate of drug-likeness (QED) is 0.551. The molecule has 1 amide bonds. The first-order chi connectivity index (χ1) is 16.7. The van der Waals surface area contributed by atoms with Gasteiger partial charge in [0, 0.05) is 25.2 Å². The van der Waals surface area contributed by atoms with E-state index in [1.165, 1.54) is 31.5 Å². The van der Waals surface area contributed by atoms with Crippen molar-refractivity contribution in [2.24, 2.45) is 5.92 Å². The lowest BCUT2D eigenvalue weighted by Gasteiger charge is -2.30. The van der Waals surface area contributed by atoms with Gasteiger partial charge in [0.25, 0.3) is 0 Å². The van der Waals surface area contributed by atoms with Crippen LogP contribution in [0.5, 0.6) is 0 Å². The van der Waals surface area contributed by atoms with Gasteiger partial charge in [-0.05, 0) is 56.4 Å². The van der Waals surface area contributed by atoms with Crippen molar-refractivity contribution in [3.05, 3.63) is 71.6 Å². The van der Waals surface area contributed by atoms with Crippen LogP contribution in [0.15, 0.2) is 59.1 Å². The Labute approximate surface area is 201 Å². The summed E-state index contributed by atoms with van der Waals surface area (Å²) < 4.78 is 5.47. The first-order valence-corrected chi connectivity index (χ1v) is 12.4. The molecule has 0 saturated carbocycles. The number of benzene rings is 2. The molecule has 2 aromatic carbocycles. The maximum absolute atomic E-state index is 12.9. The second-order valence-electron chi connectivity index (χ2n) is 9.47. The Hall–Kier alpha value is -3.03. The Balaban J connectivity index is 1.09. The van der Waals surface area contributed by atoms with E-state index in [0.717, 1.165) is 37.1 Å². The third-order valence-corrected chi connectivity index (χ3v) is 6.83. The molecule has 0 radical (unpaired) electrons. The van der Waals surface area contributed by atoms with Crippen molar-refractivity contribution in [1.29, 1.82) is 0 Å². The molecule has 34 heavy (non-hydrogen) atoms. The molecule has 2 aliphatic rings. The number of aromatic nitrogens is 2. The van der Waals surface area contributed by atoms with Gasteiger partial charge in [0.2, 0.25) is 17.6 Å². The smallest absolute Gasteiger partial charge is 0.241 e. The molecule has 3 heterocycles. The largest absolute Gasteiger partial charge is 0.352 e. The molecule has 178 valence electrons. The average molecular weight is 460 g/mol. The Morgan fingerprint density at radius 3 is 2.44 bits per heavy atom. The van der Waals surface area contributed by atoms with E-state index in [1.807, 2.05) is 30.3 Å². The minimum absolute atomic E-state index is 0.0142. The number of carbonyl (C=O) groups is 1. The minimum Gasteiger partial charge on any atom is -0.352 e. The van der Waals surface area contributed by atoms with Crippen LogP contribution in [-0.2, 0) is 24.4 Å². The van der Waals surface area contributed by atoms with E-state index >= 15 is 0 Å². The highest BCUT2D eigenvalue weighted by molar-refractivity contribution is 5.79. The fraction of sp³-hybridized carbons (Fsp3) is 0.444. The van der Waals surface area contributed by atoms with Crippen LogP contribution in [0.1, 0.15) is 42.7 Å². The molecular weight excluding hydrogens is 426 g/mol. The lowest BCUT2D eigenvalue weighted by Crippen LogP contribution is -2.42. The van der Waals surface area contributed by atoms with E-state index in [9.17, 15) is 4.79 Å². The monoisotopic (exact) mass is 459 g/mol. The summed E-state index contributed by atoms with van der Waals surface area (Å²) >= 11 is 0. The molecule has 1 N–H and O–H groups in total. The fourth-order valence-corrected chi connectivity index (χ4v) is 4.92. The Kier molecular flexibility index (Phi) is 7.31. The van der Waals surface area contributed by atoms with Gasteiger partial charge in [0.05, 0.1) is 12.5 Å². The van der Waals surface area contributed by atoms with E-state index in [4.69, 9.17) is 4.52 Å². The number of rotatable bonds is 8. The number of piperidine rings is 1. The average Bonchev–Trinajstić information content (AvgIpc) is 3.57. The molecule has 1 atom stereocenters. The Morgan fingerprint density at radius 2 is 1.65 bits per heavy atom. The molecule has 0 aliphatic carbocycles. The van der Waals surface area contributed by atoms with Crippen LogP contribution in [0.3, 0.4) is 0 Å². The highest BCUT2D eigenvalue weighted by Crippen LogP contribution is 2.21. The van der Waals surface area contributed by atoms with Gasteiger partial charge in [0.1, 0.15) is 0 Å². The second-order valence-corrected chi connectivity index (χ2v) is 9.47. The number of nitrogens with zero attached hydrogens (tertiary/aromatic N) is 4. The summed E-state index contributed by atoms with van der Waals surface area (Å²) in [4.78, 5) is 22.1. The summed E-state index contributed by atoms with van der Waals surface area (Å²) in [5.74, 6) is 1.31. The van der Waals surface area contributed by atoms with Gasteiger partial charge in [-0.1, -0.05) is 59.8 Å². The SMILES string of the molecule is O=C(NCc1ccc(CN2CCCC2)cc1)C1CCCN(Cc2nc(-c3ccccc3)no2)C1. The molecular formula is C27H33N5O2.